The van der Waals surface area contributed by atoms with Gasteiger partial charge in [-0.25, -0.2) is 9.18 Å². The van der Waals surface area contributed by atoms with Gasteiger partial charge in [-0.1, -0.05) is 11.8 Å². The predicted octanol–water partition coefficient (Wildman–Crippen LogP) is 4.22. The number of aliphatic carboxylic acids is 1. The summed E-state index contributed by atoms with van der Waals surface area (Å²) in [6, 6.07) is 5.19. The molecule has 0 amide bonds. The van der Waals surface area contributed by atoms with Crippen LogP contribution in [0.15, 0.2) is 39.8 Å². The van der Waals surface area contributed by atoms with Gasteiger partial charge in [0.25, 0.3) is 0 Å². The SMILES string of the molecule is C/C(=C\c1c(C(F)(F)F)nn(C)c1Sc1ccc(F)cc1)C(=O)O. The van der Waals surface area contributed by atoms with Crippen LogP contribution in [0.1, 0.15) is 18.2 Å². The fourth-order valence-electron chi connectivity index (χ4n) is 1.88. The summed E-state index contributed by atoms with van der Waals surface area (Å²) in [6.07, 6.45) is -3.80. The second-order valence-corrected chi connectivity index (χ2v) is 5.94. The van der Waals surface area contributed by atoms with Gasteiger partial charge in [0.15, 0.2) is 5.69 Å². The van der Waals surface area contributed by atoms with Crippen molar-refractivity contribution in [2.75, 3.05) is 0 Å². The van der Waals surface area contributed by atoms with Gasteiger partial charge in [0.2, 0.25) is 0 Å². The summed E-state index contributed by atoms with van der Waals surface area (Å²) in [6.45, 7) is 1.20. The molecule has 2 rings (SSSR count). The van der Waals surface area contributed by atoms with Crippen molar-refractivity contribution in [3.8, 4) is 0 Å². The normalized spacial score (nSPS) is 12.5. The Balaban J connectivity index is 2.57. The summed E-state index contributed by atoms with van der Waals surface area (Å²) in [7, 11) is 1.33. The fraction of sp³-hybridized carbons (Fsp3) is 0.200. The summed E-state index contributed by atoms with van der Waals surface area (Å²) in [5.41, 5.74) is -1.76. The van der Waals surface area contributed by atoms with Crippen LogP contribution in [0.5, 0.6) is 0 Å². The molecular weight excluding hydrogens is 348 g/mol. The first-order chi connectivity index (χ1) is 11.1. The van der Waals surface area contributed by atoms with E-state index in [-0.39, 0.29) is 16.2 Å². The fourth-order valence-corrected chi connectivity index (χ4v) is 2.81. The minimum atomic E-state index is -4.73. The van der Waals surface area contributed by atoms with Gasteiger partial charge in [0, 0.05) is 23.1 Å². The van der Waals surface area contributed by atoms with E-state index in [1.54, 1.807) is 0 Å². The molecule has 1 N–H and O–H groups in total. The lowest BCUT2D eigenvalue weighted by atomic mass is 10.1. The van der Waals surface area contributed by atoms with Crippen molar-refractivity contribution in [1.82, 2.24) is 9.78 Å². The summed E-state index contributed by atoms with van der Waals surface area (Å²) >= 11 is 0.936. The third-order valence-electron chi connectivity index (χ3n) is 3.02. The van der Waals surface area contributed by atoms with Crippen LogP contribution in [0.3, 0.4) is 0 Å². The number of carbonyl (C=O) groups is 1. The van der Waals surface area contributed by atoms with Crippen molar-refractivity contribution in [3.63, 3.8) is 0 Å². The number of nitrogens with zero attached hydrogens (tertiary/aromatic N) is 2. The van der Waals surface area contributed by atoms with Gasteiger partial charge in [-0.2, -0.15) is 18.3 Å². The van der Waals surface area contributed by atoms with E-state index < -0.39 is 23.7 Å². The molecular formula is C15H12F4N2O2S. The van der Waals surface area contributed by atoms with E-state index in [0.717, 1.165) is 22.5 Å². The second kappa shape index (κ2) is 6.68. The molecule has 0 aliphatic carbocycles. The average Bonchev–Trinajstić information content (AvgIpc) is 2.78. The largest absolute Gasteiger partial charge is 0.478 e. The molecule has 1 aromatic carbocycles. The van der Waals surface area contributed by atoms with Crippen LogP contribution in [0.25, 0.3) is 6.08 Å². The highest BCUT2D eigenvalue weighted by Crippen LogP contribution is 2.39. The van der Waals surface area contributed by atoms with E-state index >= 15 is 0 Å². The zero-order chi connectivity index (χ0) is 18.1. The summed E-state index contributed by atoms with van der Waals surface area (Å²) in [4.78, 5) is 11.4. The number of rotatable bonds is 4. The predicted molar refractivity (Wildman–Crippen MR) is 80.0 cm³/mol. The second-order valence-electron chi connectivity index (χ2n) is 4.88. The van der Waals surface area contributed by atoms with Crippen molar-refractivity contribution in [3.05, 3.63) is 46.9 Å². The van der Waals surface area contributed by atoms with E-state index in [4.69, 9.17) is 5.11 Å². The molecule has 0 aliphatic heterocycles. The highest BCUT2D eigenvalue weighted by molar-refractivity contribution is 7.99. The summed E-state index contributed by atoms with van der Waals surface area (Å²) in [5, 5.41) is 12.5. The standard InChI is InChI=1S/C15H12F4N2O2S/c1-8(14(22)23)7-11-12(15(17,18)19)20-21(2)13(11)24-10-5-3-9(16)4-6-10/h3-7H,1-2H3,(H,22,23)/b8-7+. The molecule has 0 bridgehead atoms. The maximum absolute atomic E-state index is 13.2. The van der Waals surface area contributed by atoms with Crippen LogP contribution in [-0.2, 0) is 18.0 Å². The van der Waals surface area contributed by atoms with Gasteiger partial charge in [-0.3, -0.25) is 4.68 Å². The molecule has 0 spiro atoms. The minimum absolute atomic E-state index is 0.106. The number of carboxylic acid groups (broad SMARTS) is 1. The van der Waals surface area contributed by atoms with Crippen molar-refractivity contribution < 1.29 is 27.5 Å². The zero-order valence-electron chi connectivity index (χ0n) is 12.6. The monoisotopic (exact) mass is 360 g/mol. The van der Waals surface area contributed by atoms with E-state index in [2.05, 4.69) is 5.10 Å². The van der Waals surface area contributed by atoms with Crippen LogP contribution in [-0.4, -0.2) is 20.9 Å². The van der Waals surface area contributed by atoms with Gasteiger partial charge < -0.3 is 5.11 Å². The van der Waals surface area contributed by atoms with Crippen LogP contribution < -0.4 is 0 Å². The van der Waals surface area contributed by atoms with Crippen molar-refractivity contribution in [1.29, 1.82) is 0 Å². The lowest BCUT2D eigenvalue weighted by Crippen LogP contribution is -2.08. The topological polar surface area (TPSA) is 55.1 Å². The highest BCUT2D eigenvalue weighted by Gasteiger charge is 2.38. The smallest absolute Gasteiger partial charge is 0.435 e. The molecule has 0 aliphatic rings. The average molecular weight is 360 g/mol. The summed E-state index contributed by atoms with van der Waals surface area (Å²) < 4.78 is 53.5. The zero-order valence-corrected chi connectivity index (χ0v) is 13.4. The van der Waals surface area contributed by atoms with Crippen molar-refractivity contribution in [2.24, 2.45) is 7.05 Å². The van der Waals surface area contributed by atoms with Crippen molar-refractivity contribution in [2.45, 2.75) is 23.0 Å². The first kappa shape index (κ1) is 18.1. The number of aromatic nitrogens is 2. The summed E-state index contributed by atoms with van der Waals surface area (Å²) in [5.74, 6) is -1.80. The Morgan fingerprint density at radius 2 is 1.88 bits per heavy atom. The Bertz CT molecular complexity index is 795. The molecule has 0 atom stereocenters. The van der Waals surface area contributed by atoms with Crippen molar-refractivity contribution >= 4 is 23.8 Å². The molecule has 2 aromatic rings. The maximum Gasteiger partial charge on any atom is 0.435 e. The highest BCUT2D eigenvalue weighted by atomic mass is 32.2. The number of carboxylic acids is 1. The molecule has 24 heavy (non-hydrogen) atoms. The Labute approximate surface area is 138 Å². The maximum atomic E-state index is 13.2. The first-order valence-electron chi connectivity index (χ1n) is 6.59. The number of hydrogen-bond acceptors (Lipinski definition) is 3. The van der Waals surface area contributed by atoms with Gasteiger partial charge in [-0.05, 0) is 37.3 Å². The molecule has 4 nitrogen and oxygen atoms in total. The Morgan fingerprint density at radius 1 is 1.29 bits per heavy atom. The quantitative estimate of drug-likeness (QED) is 0.655. The third kappa shape index (κ3) is 3.97. The molecule has 1 heterocycles. The Morgan fingerprint density at radius 3 is 2.38 bits per heavy atom. The van der Waals surface area contributed by atoms with Gasteiger partial charge in [-0.15, -0.1) is 0 Å². The van der Waals surface area contributed by atoms with Gasteiger partial charge >= 0.3 is 12.1 Å². The van der Waals surface area contributed by atoms with Crippen LogP contribution in [0, 0.1) is 5.82 Å². The number of aryl methyl sites for hydroxylation is 1. The molecule has 128 valence electrons. The molecule has 9 heteroatoms. The lowest BCUT2D eigenvalue weighted by Gasteiger charge is -2.06. The Kier molecular flexibility index (Phi) is 5.02. The number of alkyl halides is 3. The van der Waals surface area contributed by atoms with E-state index in [1.807, 2.05) is 0 Å². The molecule has 1 aromatic heterocycles. The first-order valence-corrected chi connectivity index (χ1v) is 7.40. The minimum Gasteiger partial charge on any atom is -0.478 e. The van der Waals surface area contributed by atoms with E-state index in [0.29, 0.717) is 4.90 Å². The van der Waals surface area contributed by atoms with Crippen LogP contribution in [0.4, 0.5) is 17.6 Å². The molecule has 0 radical (unpaired) electrons. The van der Waals surface area contributed by atoms with E-state index in [1.165, 1.54) is 38.2 Å². The van der Waals surface area contributed by atoms with Crippen LogP contribution >= 0.6 is 11.8 Å². The van der Waals surface area contributed by atoms with Gasteiger partial charge in [0.1, 0.15) is 10.8 Å². The third-order valence-corrected chi connectivity index (χ3v) is 4.21. The number of hydrogen-bond donors (Lipinski definition) is 1. The Hall–Kier alpha value is -2.29. The van der Waals surface area contributed by atoms with E-state index in [9.17, 15) is 22.4 Å². The molecule has 0 fully saturated rings. The van der Waals surface area contributed by atoms with Crippen LogP contribution in [0.2, 0.25) is 0 Å². The molecule has 0 saturated heterocycles. The van der Waals surface area contributed by atoms with Gasteiger partial charge in [0.05, 0.1) is 0 Å². The molecule has 0 unspecified atom stereocenters. The number of halogens is 4. The molecule has 0 saturated carbocycles. The number of benzene rings is 1. The lowest BCUT2D eigenvalue weighted by molar-refractivity contribution is -0.141.